The molecule has 0 atom stereocenters. The largest absolute Gasteiger partial charge is 0.355 e. The lowest BCUT2D eigenvalue weighted by Crippen LogP contribution is -2.51. The second-order valence-electron chi connectivity index (χ2n) is 6.01. The van der Waals surface area contributed by atoms with Gasteiger partial charge in [0.2, 0.25) is 5.91 Å². The molecule has 1 N–H and O–H groups in total. The molecule has 1 saturated heterocycles. The molecule has 0 unspecified atom stereocenters. The molecule has 2 heterocycles. The number of carbonyl (C=O) groups is 2. The minimum Gasteiger partial charge on any atom is -0.355 e. The number of halogens is 2. The maximum atomic E-state index is 12.6. The van der Waals surface area contributed by atoms with Crippen LogP contribution in [0.1, 0.15) is 30.1 Å². The van der Waals surface area contributed by atoms with Crippen molar-refractivity contribution < 1.29 is 18.4 Å². The third-order valence-electron chi connectivity index (χ3n) is 4.08. The molecule has 26 heavy (non-hydrogen) atoms. The van der Waals surface area contributed by atoms with Crippen LogP contribution in [-0.4, -0.2) is 71.6 Å². The van der Waals surface area contributed by atoms with Gasteiger partial charge in [0.25, 0.3) is 11.7 Å². The summed E-state index contributed by atoms with van der Waals surface area (Å²) >= 11 is 0.280. The van der Waals surface area contributed by atoms with Crippen LogP contribution >= 0.6 is 11.8 Å². The number of nitrogens with zero attached hydrogens (tertiary/aromatic N) is 3. The topological polar surface area (TPSA) is 65.5 Å². The number of hydrogen-bond acceptors (Lipinski definition) is 5. The first-order chi connectivity index (χ1) is 12.5. The monoisotopic (exact) mass is 386 g/mol. The van der Waals surface area contributed by atoms with E-state index in [1.165, 1.54) is 12.3 Å². The average molecular weight is 386 g/mol. The SMILES string of the molecule is CCCCNC(=O)CN1CCN(C(=O)c2cccnc2SC(F)F)CC1. The van der Waals surface area contributed by atoms with Gasteiger partial charge in [0.15, 0.2) is 0 Å². The van der Waals surface area contributed by atoms with Crippen LogP contribution in [0.4, 0.5) is 8.78 Å². The lowest BCUT2D eigenvalue weighted by molar-refractivity contribution is -0.122. The Morgan fingerprint density at radius 1 is 1.31 bits per heavy atom. The Morgan fingerprint density at radius 2 is 2.04 bits per heavy atom. The third-order valence-corrected chi connectivity index (χ3v) is 4.81. The van der Waals surface area contributed by atoms with Gasteiger partial charge in [-0.05, 0) is 30.3 Å². The highest BCUT2D eigenvalue weighted by molar-refractivity contribution is 7.99. The summed E-state index contributed by atoms with van der Waals surface area (Å²) in [4.78, 5) is 32.0. The van der Waals surface area contributed by atoms with Gasteiger partial charge in [0.05, 0.1) is 12.1 Å². The summed E-state index contributed by atoms with van der Waals surface area (Å²) in [5.41, 5.74) is 0.198. The Labute approximate surface area is 156 Å². The van der Waals surface area contributed by atoms with E-state index >= 15 is 0 Å². The molecular formula is C17H24F2N4O2S. The van der Waals surface area contributed by atoms with E-state index < -0.39 is 5.76 Å². The second kappa shape index (κ2) is 10.4. The van der Waals surface area contributed by atoms with Gasteiger partial charge in [-0.25, -0.2) is 4.98 Å². The summed E-state index contributed by atoms with van der Waals surface area (Å²) in [7, 11) is 0. The Hall–Kier alpha value is -1.74. The van der Waals surface area contributed by atoms with Crippen LogP contribution in [0.15, 0.2) is 23.4 Å². The van der Waals surface area contributed by atoms with Gasteiger partial charge in [0, 0.05) is 38.9 Å². The van der Waals surface area contributed by atoms with E-state index in [1.807, 2.05) is 4.90 Å². The zero-order valence-electron chi connectivity index (χ0n) is 14.8. The zero-order chi connectivity index (χ0) is 18.9. The number of rotatable bonds is 8. The molecule has 9 heteroatoms. The van der Waals surface area contributed by atoms with E-state index in [9.17, 15) is 18.4 Å². The molecule has 0 spiro atoms. The van der Waals surface area contributed by atoms with Crippen molar-refractivity contribution in [3.63, 3.8) is 0 Å². The van der Waals surface area contributed by atoms with Gasteiger partial charge in [-0.1, -0.05) is 13.3 Å². The van der Waals surface area contributed by atoms with Crippen molar-refractivity contribution in [3.8, 4) is 0 Å². The summed E-state index contributed by atoms with van der Waals surface area (Å²) in [6, 6.07) is 3.09. The van der Waals surface area contributed by atoms with Crippen molar-refractivity contribution in [2.75, 3.05) is 39.3 Å². The number of piperazine rings is 1. The van der Waals surface area contributed by atoms with Crippen molar-refractivity contribution in [2.24, 2.45) is 0 Å². The highest BCUT2D eigenvalue weighted by Crippen LogP contribution is 2.27. The summed E-state index contributed by atoms with van der Waals surface area (Å²) in [6.45, 7) is 5.11. The normalized spacial score (nSPS) is 15.3. The van der Waals surface area contributed by atoms with E-state index in [-0.39, 0.29) is 34.2 Å². The Kier molecular flexibility index (Phi) is 8.24. The molecule has 1 aliphatic rings. The number of alkyl halides is 2. The van der Waals surface area contributed by atoms with Crippen molar-refractivity contribution in [3.05, 3.63) is 23.9 Å². The Balaban J connectivity index is 1.86. The van der Waals surface area contributed by atoms with Crippen molar-refractivity contribution in [1.29, 1.82) is 0 Å². The predicted octanol–water partition coefficient (Wildman–Crippen LogP) is 2.07. The number of aromatic nitrogens is 1. The summed E-state index contributed by atoms with van der Waals surface area (Å²) in [5, 5.41) is 2.92. The molecule has 6 nitrogen and oxygen atoms in total. The number of amides is 2. The first-order valence-corrected chi connectivity index (χ1v) is 9.57. The number of hydrogen-bond donors (Lipinski definition) is 1. The number of nitrogens with one attached hydrogen (secondary N) is 1. The average Bonchev–Trinajstić information content (AvgIpc) is 2.62. The summed E-state index contributed by atoms with van der Waals surface area (Å²) < 4.78 is 25.3. The minimum absolute atomic E-state index is 0.0129. The van der Waals surface area contributed by atoms with Gasteiger partial charge in [-0.15, -0.1) is 0 Å². The molecule has 0 radical (unpaired) electrons. The quantitative estimate of drug-likeness (QED) is 0.547. The van der Waals surface area contributed by atoms with Gasteiger partial charge < -0.3 is 10.2 Å². The van der Waals surface area contributed by atoms with Gasteiger partial charge in [-0.2, -0.15) is 8.78 Å². The van der Waals surface area contributed by atoms with Crippen LogP contribution in [0, 0.1) is 0 Å². The highest BCUT2D eigenvalue weighted by atomic mass is 32.2. The molecule has 0 aromatic carbocycles. The number of unbranched alkanes of at least 4 members (excludes halogenated alkanes) is 1. The van der Waals surface area contributed by atoms with Crippen molar-refractivity contribution in [2.45, 2.75) is 30.5 Å². The molecule has 0 saturated carbocycles. The smallest absolute Gasteiger partial charge is 0.290 e. The molecule has 1 aromatic rings. The fourth-order valence-corrected chi connectivity index (χ4v) is 3.25. The molecule has 2 amide bonds. The van der Waals surface area contributed by atoms with E-state index in [2.05, 4.69) is 17.2 Å². The highest BCUT2D eigenvalue weighted by Gasteiger charge is 2.26. The molecule has 1 fully saturated rings. The fourth-order valence-electron chi connectivity index (χ4n) is 2.67. The fraction of sp³-hybridized carbons (Fsp3) is 0.588. The van der Waals surface area contributed by atoms with E-state index in [0.717, 1.165) is 12.8 Å². The molecular weight excluding hydrogens is 362 g/mol. The maximum absolute atomic E-state index is 12.6. The lowest BCUT2D eigenvalue weighted by Gasteiger charge is -2.34. The predicted molar refractivity (Wildman–Crippen MR) is 96.4 cm³/mol. The first-order valence-electron chi connectivity index (χ1n) is 8.69. The molecule has 1 aromatic heterocycles. The molecule has 0 aliphatic carbocycles. The van der Waals surface area contributed by atoms with Crippen LogP contribution < -0.4 is 5.32 Å². The first kappa shape index (κ1) is 20.6. The standard InChI is InChI=1S/C17H24F2N4O2S/c1-2-3-6-20-14(24)12-22-8-10-23(11-9-22)16(25)13-5-4-7-21-15(13)26-17(18)19/h4-5,7,17H,2-3,6,8-12H2,1H3,(H,20,24). The van der Waals surface area contributed by atoms with Crippen molar-refractivity contribution in [1.82, 2.24) is 20.1 Å². The zero-order valence-corrected chi connectivity index (χ0v) is 15.6. The Morgan fingerprint density at radius 3 is 2.69 bits per heavy atom. The van der Waals surface area contributed by atoms with Gasteiger partial charge in [0.1, 0.15) is 5.03 Å². The van der Waals surface area contributed by atoms with Crippen LogP contribution in [0.25, 0.3) is 0 Å². The minimum atomic E-state index is -2.63. The molecule has 0 bridgehead atoms. The van der Waals surface area contributed by atoms with Gasteiger partial charge in [-0.3, -0.25) is 14.5 Å². The van der Waals surface area contributed by atoms with Gasteiger partial charge >= 0.3 is 0 Å². The Bertz CT molecular complexity index is 610. The molecule has 1 aliphatic heterocycles. The number of thioether (sulfide) groups is 1. The van der Waals surface area contributed by atoms with Crippen LogP contribution in [0.2, 0.25) is 0 Å². The van der Waals surface area contributed by atoms with Crippen LogP contribution in [0.3, 0.4) is 0 Å². The molecule has 144 valence electrons. The van der Waals surface area contributed by atoms with E-state index in [1.54, 1.807) is 11.0 Å². The number of carbonyl (C=O) groups excluding carboxylic acids is 2. The third kappa shape index (κ3) is 6.21. The van der Waals surface area contributed by atoms with Crippen molar-refractivity contribution >= 4 is 23.6 Å². The lowest BCUT2D eigenvalue weighted by atomic mass is 10.2. The van der Waals surface area contributed by atoms with E-state index in [0.29, 0.717) is 39.3 Å². The molecule has 2 rings (SSSR count). The number of pyridine rings is 1. The van der Waals surface area contributed by atoms with Crippen LogP contribution in [0.5, 0.6) is 0 Å². The summed E-state index contributed by atoms with van der Waals surface area (Å²) in [6.07, 6.45) is 3.38. The van der Waals surface area contributed by atoms with E-state index in [4.69, 9.17) is 0 Å². The second-order valence-corrected chi connectivity index (χ2v) is 6.99. The maximum Gasteiger partial charge on any atom is 0.290 e. The van der Waals surface area contributed by atoms with Crippen LogP contribution in [-0.2, 0) is 4.79 Å². The summed E-state index contributed by atoms with van der Waals surface area (Å²) in [5.74, 6) is -2.94.